The fraction of sp³-hybridized carbons (Fsp3) is 0.667. The molecule has 0 saturated carbocycles. The number of halogens is 3. The van der Waals surface area contributed by atoms with Gasteiger partial charge in [0.05, 0.1) is 6.54 Å². The SMILES string of the molecule is CC(=O)N1CCN(C(=O)OCC(F)C(F)(F)S(=O)(=O)[O-])C1=O. The van der Waals surface area contributed by atoms with Crippen molar-refractivity contribution in [1.29, 1.82) is 0 Å². The van der Waals surface area contributed by atoms with Crippen LogP contribution in [0, 0.1) is 0 Å². The molecule has 1 saturated heterocycles. The predicted octanol–water partition coefficient (Wildman–Crippen LogP) is -0.117. The Hall–Kier alpha value is -1.89. The number of amides is 4. The van der Waals surface area contributed by atoms with Gasteiger partial charge in [-0.3, -0.25) is 9.69 Å². The molecule has 0 N–H and O–H groups in total. The molecule has 0 aromatic rings. The Balaban J connectivity index is 2.65. The first-order valence-corrected chi connectivity index (χ1v) is 7.04. The third-order valence-electron chi connectivity index (χ3n) is 2.66. The zero-order chi connectivity index (χ0) is 17.3. The van der Waals surface area contributed by atoms with E-state index in [1.165, 1.54) is 0 Å². The second-order valence-electron chi connectivity index (χ2n) is 4.17. The normalized spacial score (nSPS) is 17.6. The number of carbonyl (C=O) groups is 3. The molecule has 0 aromatic carbocycles. The summed E-state index contributed by atoms with van der Waals surface area (Å²) < 4.78 is 73.2. The van der Waals surface area contributed by atoms with Gasteiger partial charge in [-0.25, -0.2) is 27.3 Å². The Morgan fingerprint density at radius 1 is 1.36 bits per heavy atom. The van der Waals surface area contributed by atoms with Gasteiger partial charge in [0.1, 0.15) is 6.61 Å². The zero-order valence-electron chi connectivity index (χ0n) is 11.0. The Kier molecular flexibility index (Phi) is 5.02. The van der Waals surface area contributed by atoms with Crippen LogP contribution in [0.1, 0.15) is 6.92 Å². The zero-order valence-corrected chi connectivity index (χ0v) is 11.8. The van der Waals surface area contributed by atoms with E-state index in [2.05, 4.69) is 4.74 Å². The van der Waals surface area contributed by atoms with Crippen LogP contribution in [0.25, 0.3) is 0 Å². The summed E-state index contributed by atoms with van der Waals surface area (Å²) in [6.07, 6.45) is -5.14. The minimum Gasteiger partial charge on any atom is -0.743 e. The fourth-order valence-electron chi connectivity index (χ4n) is 1.47. The topological polar surface area (TPSA) is 124 Å². The molecular weight excluding hydrogens is 337 g/mol. The Labute approximate surface area is 122 Å². The molecule has 1 unspecified atom stereocenters. The number of hydrogen-bond acceptors (Lipinski definition) is 7. The molecular formula is C9H10F3N2O7S-. The van der Waals surface area contributed by atoms with Gasteiger partial charge in [-0.1, -0.05) is 0 Å². The van der Waals surface area contributed by atoms with Gasteiger partial charge in [-0.05, 0) is 0 Å². The Bertz CT molecular complexity index is 594. The number of carbonyl (C=O) groups excluding carboxylic acids is 3. The quantitative estimate of drug-likeness (QED) is 0.649. The third kappa shape index (κ3) is 3.47. The minimum absolute atomic E-state index is 0.159. The highest BCUT2D eigenvalue weighted by atomic mass is 32.2. The molecule has 0 radical (unpaired) electrons. The van der Waals surface area contributed by atoms with Crippen molar-refractivity contribution in [1.82, 2.24) is 9.80 Å². The van der Waals surface area contributed by atoms with Gasteiger partial charge in [0, 0.05) is 13.5 Å². The van der Waals surface area contributed by atoms with Crippen LogP contribution >= 0.6 is 0 Å². The van der Waals surface area contributed by atoms with Crippen molar-refractivity contribution in [3.8, 4) is 0 Å². The van der Waals surface area contributed by atoms with Crippen molar-refractivity contribution in [2.75, 3.05) is 19.7 Å². The van der Waals surface area contributed by atoms with Gasteiger partial charge >= 0.3 is 17.4 Å². The highest BCUT2D eigenvalue weighted by Crippen LogP contribution is 2.27. The van der Waals surface area contributed by atoms with Crippen molar-refractivity contribution in [3.05, 3.63) is 0 Å². The summed E-state index contributed by atoms with van der Waals surface area (Å²) in [6, 6.07) is -1.09. The van der Waals surface area contributed by atoms with Gasteiger partial charge in [-0.2, -0.15) is 8.78 Å². The monoisotopic (exact) mass is 347 g/mol. The largest absolute Gasteiger partial charge is 0.743 e. The van der Waals surface area contributed by atoms with Crippen molar-refractivity contribution < 1.29 is 45.3 Å². The average molecular weight is 347 g/mol. The van der Waals surface area contributed by atoms with E-state index < -0.39 is 46.2 Å². The van der Waals surface area contributed by atoms with Crippen LogP contribution in [-0.4, -0.2) is 71.9 Å². The maximum Gasteiger partial charge on any atom is 0.418 e. The minimum atomic E-state index is -6.28. The molecule has 9 nitrogen and oxygen atoms in total. The molecule has 0 aromatic heterocycles. The molecule has 126 valence electrons. The number of nitrogens with zero attached hydrogens (tertiary/aromatic N) is 2. The van der Waals surface area contributed by atoms with Gasteiger partial charge in [-0.15, -0.1) is 0 Å². The average Bonchev–Trinajstić information content (AvgIpc) is 2.76. The van der Waals surface area contributed by atoms with Crippen LogP contribution in [0.5, 0.6) is 0 Å². The lowest BCUT2D eigenvalue weighted by Gasteiger charge is -2.23. The Morgan fingerprint density at radius 3 is 2.27 bits per heavy atom. The number of imide groups is 2. The van der Waals surface area contributed by atoms with Crippen LogP contribution in [0.3, 0.4) is 0 Å². The first kappa shape index (κ1) is 18.2. The standard InChI is InChI=1S/C9H11F3N2O7S/c1-5(15)13-2-3-14(7(13)16)8(17)21-4-6(10)9(11,12)22(18,19)20/h6H,2-4H2,1H3,(H,18,19,20)/p-1. The molecule has 0 bridgehead atoms. The van der Waals surface area contributed by atoms with E-state index in [0.717, 1.165) is 6.92 Å². The van der Waals surface area contributed by atoms with E-state index in [4.69, 9.17) is 0 Å². The van der Waals surface area contributed by atoms with E-state index in [-0.39, 0.29) is 13.1 Å². The summed E-state index contributed by atoms with van der Waals surface area (Å²) >= 11 is 0. The molecule has 0 spiro atoms. The molecule has 1 aliphatic heterocycles. The summed E-state index contributed by atoms with van der Waals surface area (Å²) in [4.78, 5) is 34.9. The molecule has 4 amide bonds. The third-order valence-corrected chi connectivity index (χ3v) is 3.58. The highest BCUT2D eigenvalue weighted by Gasteiger charge is 2.48. The van der Waals surface area contributed by atoms with Crippen LogP contribution < -0.4 is 0 Å². The summed E-state index contributed by atoms with van der Waals surface area (Å²) in [5.74, 6) is -0.673. The van der Waals surface area contributed by atoms with Crippen molar-refractivity contribution >= 4 is 28.1 Å². The summed E-state index contributed by atoms with van der Waals surface area (Å²) in [5, 5.41) is -5.28. The number of hydrogen-bond donors (Lipinski definition) is 0. The second-order valence-corrected chi connectivity index (χ2v) is 5.62. The first-order chi connectivity index (χ1) is 9.89. The number of alkyl halides is 3. The molecule has 1 rings (SSSR count). The summed E-state index contributed by atoms with van der Waals surface area (Å²) in [7, 11) is -6.28. The van der Waals surface area contributed by atoms with Crippen molar-refractivity contribution in [2.24, 2.45) is 0 Å². The fourth-order valence-corrected chi connectivity index (χ4v) is 1.86. The second kappa shape index (κ2) is 6.08. The summed E-state index contributed by atoms with van der Waals surface area (Å²) in [5.41, 5.74) is 0. The van der Waals surface area contributed by atoms with E-state index in [9.17, 15) is 40.5 Å². The summed E-state index contributed by atoms with van der Waals surface area (Å²) in [6.45, 7) is -1.17. The molecule has 22 heavy (non-hydrogen) atoms. The first-order valence-electron chi connectivity index (χ1n) is 5.63. The highest BCUT2D eigenvalue weighted by molar-refractivity contribution is 7.86. The Morgan fingerprint density at radius 2 is 1.86 bits per heavy atom. The maximum atomic E-state index is 13.1. The lowest BCUT2D eigenvalue weighted by Crippen LogP contribution is -2.43. The van der Waals surface area contributed by atoms with E-state index in [1.807, 2.05) is 0 Å². The van der Waals surface area contributed by atoms with E-state index >= 15 is 0 Å². The van der Waals surface area contributed by atoms with Crippen LogP contribution in [0.4, 0.5) is 22.8 Å². The number of ether oxygens (including phenoxy) is 1. The van der Waals surface area contributed by atoms with Gasteiger partial charge < -0.3 is 9.29 Å². The molecule has 13 heteroatoms. The van der Waals surface area contributed by atoms with Gasteiger partial charge in [0.25, 0.3) is 0 Å². The van der Waals surface area contributed by atoms with Crippen LogP contribution in [0.2, 0.25) is 0 Å². The molecule has 1 heterocycles. The van der Waals surface area contributed by atoms with Crippen LogP contribution in [0.15, 0.2) is 0 Å². The number of urea groups is 1. The predicted molar refractivity (Wildman–Crippen MR) is 60.4 cm³/mol. The number of rotatable bonds is 4. The van der Waals surface area contributed by atoms with Crippen molar-refractivity contribution in [3.63, 3.8) is 0 Å². The molecule has 1 atom stereocenters. The maximum absolute atomic E-state index is 13.1. The van der Waals surface area contributed by atoms with Crippen LogP contribution in [-0.2, 0) is 19.6 Å². The smallest absolute Gasteiger partial charge is 0.418 e. The molecule has 1 fully saturated rings. The van der Waals surface area contributed by atoms with Gasteiger partial charge in [0.15, 0.2) is 10.1 Å². The van der Waals surface area contributed by atoms with Gasteiger partial charge in [0.2, 0.25) is 12.1 Å². The van der Waals surface area contributed by atoms with E-state index in [0.29, 0.717) is 9.80 Å². The molecule has 1 aliphatic rings. The van der Waals surface area contributed by atoms with E-state index in [1.54, 1.807) is 0 Å². The van der Waals surface area contributed by atoms with Crippen molar-refractivity contribution in [2.45, 2.75) is 18.3 Å². The lowest BCUT2D eigenvalue weighted by molar-refractivity contribution is -0.125. The molecule has 0 aliphatic carbocycles. The lowest BCUT2D eigenvalue weighted by atomic mass is 10.4.